The van der Waals surface area contributed by atoms with E-state index in [-0.39, 0.29) is 12.5 Å². The first-order chi connectivity index (χ1) is 8.56. The van der Waals surface area contributed by atoms with Crippen molar-refractivity contribution in [1.82, 2.24) is 0 Å². The van der Waals surface area contributed by atoms with Crippen molar-refractivity contribution in [1.29, 1.82) is 0 Å². The van der Waals surface area contributed by atoms with Crippen molar-refractivity contribution in [3.05, 3.63) is 12.1 Å². The molecule has 0 aromatic heterocycles. The fourth-order valence-corrected chi connectivity index (χ4v) is 2.01. The number of rotatable bonds is 4. The first-order valence-electron chi connectivity index (χ1n) is 5.46. The van der Waals surface area contributed by atoms with Gasteiger partial charge < -0.3 is 21.1 Å². The van der Waals surface area contributed by atoms with Crippen LogP contribution >= 0.6 is 0 Å². The minimum atomic E-state index is -0.851. The van der Waals surface area contributed by atoms with Crippen LogP contribution in [0.2, 0.25) is 0 Å². The number of carbonyl (C=O) groups is 1. The normalized spacial score (nSPS) is 15.3. The van der Waals surface area contributed by atoms with E-state index in [9.17, 15) is 9.00 Å². The molecule has 0 fully saturated rings. The lowest BCUT2D eigenvalue weighted by Gasteiger charge is -2.20. The Hall–Kier alpha value is -1.76. The molecule has 1 unspecified atom stereocenters. The van der Waals surface area contributed by atoms with E-state index in [1.165, 1.54) is 0 Å². The maximum atomic E-state index is 11.2. The number of hydrogen-bond acceptors (Lipinski definition) is 5. The number of carbonyl (C=O) groups excluding carboxylic acids is 1. The van der Waals surface area contributed by atoms with Gasteiger partial charge in [-0.3, -0.25) is 9.00 Å². The van der Waals surface area contributed by atoms with Crippen molar-refractivity contribution in [3.63, 3.8) is 0 Å². The predicted molar refractivity (Wildman–Crippen MR) is 72.4 cm³/mol. The highest BCUT2D eigenvalue weighted by Gasteiger charge is 2.17. The number of fused-ring (bicyclic) bond motifs is 1. The zero-order chi connectivity index (χ0) is 13.1. The Morgan fingerprint density at radius 2 is 2.33 bits per heavy atom. The van der Waals surface area contributed by atoms with Gasteiger partial charge in [-0.2, -0.15) is 0 Å². The molecule has 6 nitrogen and oxygen atoms in total. The van der Waals surface area contributed by atoms with Crippen LogP contribution in [0.3, 0.4) is 0 Å². The molecule has 1 aliphatic rings. The van der Waals surface area contributed by atoms with Crippen LogP contribution in [0.4, 0.5) is 17.1 Å². The van der Waals surface area contributed by atoms with Crippen molar-refractivity contribution in [2.45, 2.75) is 0 Å². The molecular formula is C11H15N3O3S. The molecule has 7 heteroatoms. The van der Waals surface area contributed by atoms with Crippen LogP contribution in [0, 0.1) is 0 Å². The van der Waals surface area contributed by atoms with Crippen molar-refractivity contribution in [2.75, 3.05) is 41.5 Å². The molecule has 1 aromatic rings. The number of amides is 1. The predicted octanol–water partition coefficient (Wildman–Crippen LogP) is 0.390. The van der Waals surface area contributed by atoms with Crippen LogP contribution in [0.15, 0.2) is 12.1 Å². The van der Waals surface area contributed by atoms with Crippen molar-refractivity contribution in [2.24, 2.45) is 0 Å². The van der Waals surface area contributed by atoms with Crippen LogP contribution in [-0.4, -0.2) is 35.3 Å². The second-order valence-corrected chi connectivity index (χ2v) is 5.53. The third kappa shape index (κ3) is 2.92. The van der Waals surface area contributed by atoms with Crippen LogP contribution < -0.4 is 21.1 Å². The van der Waals surface area contributed by atoms with Crippen LogP contribution in [0.25, 0.3) is 0 Å². The maximum absolute atomic E-state index is 11.2. The minimum absolute atomic E-state index is 0.00797. The summed E-state index contributed by atoms with van der Waals surface area (Å²) in [4.78, 5) is 11.2. The monoisotopic (exact) mass is 269 g/mol. The number of ether oxygens (including phenoxy) is 1. The largest absolute Gasteiger partial charge is 0.482 e. The molecule has 1 heterocycles. The summed E-state index contributed by atoms with van der Waals surface area (Å²) < 4.78 is 16.2. The molecule has 1 aromatic carbocycles. The summed E-state index contributed by atoms with van der Waals surface area (Å²) in [5, 5.41) is 5.79. The molecule has 98 valence electrons. The van der Waals surface area contributed by atoms with Gasteiger partial charge in [0.25, 0.3) is 5.91 Å². The first-order valence-corrected chi connectivity index (χ1v) is 7.19. The summed E-state index contributed by atoms with van der Waals surface area (Å²) >= 11 is 0. The van der Waals surface area contributed by atoms with Gasteiger partial charge in [0.1, 0.15) is 5.75 Å². The highest BCUT2D eigenvalue weighted by Crippen LogP contribution is 2.34. The molecule has 1 amide bonds. The molecular weight excluding hydrogens is 254 g/mol. The molecule has 0 saturated carbocycles. The number of nitrogen functional groups attached to an aromatic ring is 1. The topological polar surface area (TPSA) is 93.5 Å². The van der Waals surface area contributed by atoms with Crippen molar-refractivity contribution < 1.29 is 13.7 Å². The SMILES string of the molecule is CS(=O)CCNc1cc2c(cc1N)OCC(=O)N2. The van der Waals surface area contributed by atoms with Gasteiger partial charge in [0, 0.05) is 35.4 Å². The Labute approximate surface area is 107 Å². The summed E-state index contributed by atoms with van der Waals surface area (Å²) in [6.07, 6.45) is 1.64. The van der Waals surface area contributed by atoms with Crippen molar-refractivity contribution in [3.8, 4) is 5.75 Å². The fraction of sp³-hybridized carbons (Fsp3) is 0.364. The van der Waals surface area contributed by atoms with Gasteiger partial charge in [-0.25, -0.2) is 0 Å². The van der Waals surface area contributed by atoms with Gasteiger partial charge in [-0.05, 0) is 6.07 Å². The van der Waals surface area contributed by atoms with Crippen LogP contribution in [0.5, 0.6) is 5.75 Å². The van der Waals surface area contributed by atoms with E-state index >= 15 is 0 Å². The lowest BCUT2D eigenvalue weighted by atomic mass is 10.2. The fourth-order valence-electron chi connectivity index (χ4n) is 1.62. The Morgan fingerprint density at radius 3 is 3.06 bits per heavy atom. The van der Waals surface area contributed by atoms with Gasteiger partial charge in [0.05, 0.1) is 17.1 Å². The Balaban J connectivity index is 2.13. The molecule has 0 bridgehead atoms. The maximum Gasteiger partial charge on any atom is 0.262 e. The molecule has 0 radical (unpaired) electrons. The van der Waals surface area contributed by atoms with E-state index in [0.29, 0.717) is 35.1 Å². The third-order valence-electron chi connectivity index (χ3n) is 2.49. The molecule has 18 heavy (non-hydrogen) atoms. The van der Waals surface area contributed by atoms with Gasteiger partial charge >= 0.3 is 0 Å². The van der Waals surface area contributed by atoms with Gasteiger partial charge in [0.15, 0.2) is 6.61 Å². The first kappa shape index (κ1) is 12.7. The van der Waals surface area contributed by atoms with Crippen LogP contribution in [0.1, 0.15) is 0 Å². The Bertz CT molecular complexity index is 505. The molecule has 2 rings (SSSR count). The summed E-state index contributed by atoms with van der Waals surface area (Å²) in [6, 6.07) is 3.39. The van der Waals surface area contributed by atoms with Crippen LogP contribution in [-0.2, 0) is 15.6 Å². The van der Waals surface area contributed by atoms with E-state index < -0.39 is 10.8 Å². The number of nitrogens with one attached hydrogen (secondary N) is 2. The molecule has 1 aliphatic heterocycles. The smallest absolute Gasteiger partial charge is 0.262 e. The molecule has 4 N–H and O–H groups in total. The zero-order valence-corrected chi connectivity index (χ0v) is 10.8. The third-order valence-corrected chi connectivity index (χ3v) is 3.27. The van der Waals surface area contributed by atoms with E-state index in [2.05, 4.69) is 10.6 Å². The lowest BCUT2D eigenvalue weighted by molar-refractivity contribution is -0.118. The summed E-state index contributed by atoms with van der Waals surface area (Å²) in [6.45, 7) is 0.564. The summed E-state index contributed by atoms with van der Waals surface area (Å²) in [7, 11) is -0.851. The standard InChI is InChI=1S/C11H15N3O3S/c1-18(16)3-2-13-8-5-9-10(4-7(8)12)17-6-11(15)14-9/h4-5,13H,2-3,6,12H2,1H3,(H,14,15). The van der Waals surface area contributed by atoms with E-state index in [0.717, 1.165) is 0 Å². The zero-order valence-electron chi connectivity index (χ0n) is 9.99. The molecule has 1 atom stereocenters. The van der Waals surface area contributed by atoms with Gasteiger partial charge in [-0.15, -0.1) is 0 Å². The van der Waals surface area contributed by atoms with Crippen molar-refractivity contribution >= 4 is 33.8 Å². The van der Waals surface area contributed by atoms with E-state index in [4.69, 9.17) is 10.5 Å². The van der Waals surface area contributed by atoms with E-state index in [1.54, 1.807) is 18.4 Å². The second kappa shape index (κ2) is 5.26. The molecule has 0 saturated heterocycles. The highest BCUT2D eigenvalue weighted by molar-refractivity contribution is 7.84. The number of anilines is 3. The van der Waals surface area contributed by atoms with Gasteiger partial charge in [-0.1, -0.05) is 0 Å². The van der Waals surface area contributed by atoms with E-state index in [1.807, 2.05) is 0 Å². The lowest BCUT2D eigenvalue weighted by Crippen LogP contribution is -2.25. The highest BCUT2D eigenvalue weighted by atomic mass is 32.2. The Morgan fingerprint density at radius 1 is 1.56 bits per heavy atom. The average Bonchev–Trinajstić information content (AvgIpc) is 2.30. The summed E-state index contributed by atoms with van der Waals surface area (Å²) in [5.41, 5.74) is 7.70. The number of nitrogens with two attached hydrogens (primary N) is 1. The van der Waals surface area contributed by atoms with Gasteiger partial charge in [0.2, 0.25) is 0 Å². The number of benzene rings is 1. The number of hydrogen-bond donors (Lipinski definition) is 3. The quantitative estimate of drug-likeness (QED) is 0.688. The minimum Gasteiger partial charge on any atom is -0.482 e. The summed E-state index contributed by atoms with van der Waals surface area (Å²) in [5.74, 6) is 0.920. The second-order valence-electron chi connectivity index (χ2n) is 3.98. The Kier molecular flexibility index (Phi) is 3.71. The molecule has 0 spiro atoms. The average molecular weight is 269 g/mol. The molecule has 0 aliphatic carbocycles.